The van der Waals surface area contributed by atoms with Gasteiger partial charge in [0.05, 0.1) is 33.8 Å². The number of halogens is 1. The summed E-state index contributed by atoms with van der Waals surface area (Å²) >= 11 is 3.51. The summed E-state index contributed by atoms with van der Waals surface area (Å²) in [5.74, 6) is 1.04. The van der Waals surface area contributed by atoms with E-state index in [4.69, 9.17) is 4.74 Å². The Labute approximate surface area is 190 Å². The third kappa shape index (κ3) is 5.00. The molecule has 1 saturated heterocycles. The molecule has 3 aromatic rings. The van der Waals surface area contributed by atoms with Crippen LogP contribution >= 0.6 is 23.1 Å². The molecule has 2 N–H and O–H groups in total. The van der Waals surface area contributed by atoms with E-state index in [9.17, 15) is 4.57 Å². The predicted molar refractivity (Wildman–Crippen MR) is 128 cm³/mol. The third-order valence-corrected chi connectivity index (χ3v) is 7.44. The maximum Gasteiger partial charge on any atom is 0.229 e. The zero-order valence-corrected chi connectivity index (χ0v) is 20.3. The number of benzene rings is 1. The summed E-state index contributed by atoms with van der Waals surface area (Å²) in [7, 11) is -2.45. The fourth-order valence-corrected chi connectivity index (χ4v) is 5.10. The average Bonchev–Trinajstić information content (AvgIpc) is 3.11. The second-order valence-corrected chi connectivity index (χ2v) is 12.0. The summed E-state index contributed by atoms with van der Waals surface area (Å²) in [6.07, 6.45) is 5.42. The lowest BCUT2D eigenvalue weighted by Gasteiger charge is -2.23. The molecule has 0 amide bonds. The highest BCUT2D eigenvalue weighted by Gasteiger charge is 2.20. The van der Waals surface area contributed by atoms with Crippen LogP contribution in [-0.2, 0) is 9.30 Å². The first-order valence-electron chi connectivity index (χ1n) is 10.2. The fourth-order valence-electron chi connectivity index (χ4n) is 3.66. The van der Waals surface area contributed by atoms with E-state index in [0.29, 0.717) is 22.3 Å². The van der Waals surface area contributed by atoms with Gasteiger partial charge in [-0.1, -0.05) is 12.1 Å². The topological polar surface area (TPSA) is 94.0 Å². The summed E-state index contributed by atoms with van der Waals surface area (Å²) in [6, 6.07) is 7.93. The van der Waals surface area contributed by atoms with Gasteiger partial charge in [0, 0.05) is 24.7 Å². The average molecular weight is 505 g/mol. The Morgan fingerprint density at radius 2 is 1.87 bits per heavy atom. The van der Waals surface area contributed by atoms with Gasteiger partial charge in [-0.05, 0) is 61.2 Å². The standard InChI is InChI=1S/C21H26BrN6O2P/c1-14-18(13-24-28(14)15-8-10-30-11-9-15)26-21-23-12-16(22)20(27-21)25-17-6-4-5-7-19(17)31(2,3)29/h4-7,12-13,15H,8-11H2,1-3H3,(H2,23,25,26,27). The molecule has 10 heteroatoms. The van der Waals surface area contributed by atoms with Crippen molar-refractivity contribution in [2.45, 2.75) is 25.8 Å². The van der Waals surface area contributed by atoms with Crippen molar-refractivity contribution in [2.24, 2.45) is 0 Å². The molecule has 0 radical (unpaired) electrons. The van der Waals surface area contributed by atoms with E-state index in [1.165, 1.54) is 0 Å². The highest BCUT2D eigenvalue weighted by Crippen LogP contribution is 2.38. The number of para-hydroxylation sites is 1. The molecule has 1 aromatic carbocycles. The van der Waals surface area contributed by atoms with Gasteiger partial charge in [-0.2, -0.15) is 10.1 Å². The predicted octanol–water partition coefficient (Wildman–Crippen LogP) is 4.83. The third-order valence-electron chi connectivity index (χ3n) is 5.31. The van der Waals surface area contributed by atoms with Crippen molar-refractivity contribution < 1.29 is 9.30 Å². The van der Waals surface area contributed by atoms with Crippen LogP contribution in [0.5, 0.6) is 0 Å². The van der Waals surface area contributed by atoms with E-state index >= 15 is 0 Å². The van der Waals surface area contributed by atoms with E-state index in [0.717, 1.165) is 48.4 Å². The lowest BCUT2D eigenvalue weighted by molar-refractivity contribution is 0.0657. The van der Waals surface area contributed by atoms with E-state index in [2.05, 4.69) is 46.3 Å². The van der Waals surface area contributed by atoms with Crippen LogP contribution in [0.1, 0.15) is 24.6 Å². The first-order chi connectivity index (χ1) is 14.8. The van der Waals surface area contributed by atoms with Gasteiger partial charge < -0.3 is 19.9 Å². The summed E-state index contributed by atoms with van der Waals surface area (Å²) < 4.78 is 20.9. The molecule has 1 aliphatic rings. The quantitative estimate of drug-likeness (QED) is 0.464. The van der Waals surface area contributed by atoms with Crippen molar-refractivity contribution in [1.29, 1.82) is 0 Å². The summed E-state index contributed by atoms with van der Waals surface area (Å²) in [5, 5.41) is 11.9. The number of nitrogens with zero attached hydrogens (tertiary/aromatic N) is 4. The van der Waals surface area contributed by atoms with E-state index < -0.39 is 7.14 Å². The molecule has 0 atom stereocenters. The van der Waals surface area contributed by atoms with Crippen LogP contribution in [-0.4, -0.2) is 46.3 Å². The van der Waals surface area contributed by atoms with Crippen LogP contribution in [0, 0.1) is 6.92 Å². The zero-order valence-electron chi connectivity index (χ0n) is 17.8. The second-order valence-electron chi connectivity index (χ2n) is 7.94. The van der Waals surface area contributed by atoms with Crippen molar-refractivity contribution in [3.05, 3.63) is 46.8 Å². The minimum Gasteiger partial charge on any atom is -0.381 e. The molecular weight excluding hydrogens is 479 g/mol. The molecule has 8 nitrogen and oxygen atoms in total. The largest absolute Gasteiger partial charge is 0.381 e. The SMILES string of the molecule is Cc1c(Nc2ncc(Br)c(Nc3ccccc3P(C)(C)=O)n2)cnn1C1CCOCC1. The minimum atomic E-state index is -2.45. The smallest absolute Gasteiger partial charge is 0.229 e. The van der Waals surface area contributed by atoms with Gasteiger partial charge in [0.1, 0.15) is 13.0 Å². The number of hydrogen-bond donors (Lipinski definition) is 2. The second kappa shape index (κ2) is 9.10. The summed E-state index contributed by atoms with van der Waals surface area (Å²) in [5.41, 5.74) is 2.67. The summed E-state index contributed by atoms with van der Waals surface area (Å²) in [4.78, 5) is 9.01. The maximum atomic E-state index is 12.7. The molecule has 1 fully saturated rings. The Balaban J connectivity index is 1.57. The van der Waals surface area contributed by atoms with Gasteiger partial charge >= 0.3 is 0 Å². The first kappa shape index (κ1) is 22.0. The number of ether oxygens (including phenoxy) is 1. The maximum absolute atomic E-state index is 12.7. The number of hydrogen-bond acceptors (Lipinski definition) is 7. The van der Waals surface area contributed by atoms with Gasteiger partial charge in [0.2, 0.25) is 5.95 Å². The molecule has 164 valence electrons. The van der Waals surface area contributed by atoms with Crippen LogP contribution in [0.25, 0.3) is 0 Å². The van der Waals surface area contributed by atoms with Crippen molar-refractivity contribution in [2.75, 3.05) is 37.2 Å². The number of rotatable bonds is 6. The van der Waals surface area contributed by atoms with Crippen molar-refractivity contribution >= 4 is 51.5 Å². The highest BCUT2D eigenvalue weighted by atomic mass is 79.9. The van der Waals surface area contributed by atoms with E-state index in [1.807, 2.05) is 37.4 Å². The Bertz CT molecular complexity index is 1120. The fraction of sp³-hybridized carbons (Fsp3) is 0.381. The Kier molecular flexibility index (Phi) is 6.46. The van der Waals surface area contributed by atoms with E-state index in [-0.39, 0.29) is 0 Å². The van der Waals surface area contributed by atoms with Gasteiger partial charge in [-0.3, -0.25) is 4.68 Å². The number of nitrogens with one attached hydrogen (secondary N) is 2. The molecule has 0 spiro atoms. The molecule has 0 unspecified atom stereocenters. The van der Waals surface area contributed by atoms with Crippen LogP contribution in [0.4, 0.5) is 23.1 Å². The molecule has 1 aliphatic heterocycles. The van der Waals surface area contributed by atoms with Crippen molar-refractivity contribution in [3.63, 3.8) is 0 Å². The molecule has 0 bridgehead atoms. The molecule has 0 aliphatic carbocycles. The molecule has 3 heterocycles. The van der Waals surface area contributed by atoms with Crippen molar-refractivity contribution in [1.82, 2.24) is 19.7 Å². The summed E-state index contributed by atoms with van der Waals surface area (Å²) in [6.45, 7) is 7.09. The van der Waals surface area contributed by atoms with Crippen LogP contribution in [0.2, 0.25) is 0 Å². The Hall–Kier alpha value is -2.22. The molecule has 2 aromatic heterocycles. The normalized spacial score (nSPS) is 15.1. The van der Waals surface area contributed by atoms with Crippen LogP contribution in [0.3, 0.4) is 0 Å². The van der Waals surface area contributed by atoms with Crippen molar-refractivity contribution in [3.8, 4) is 0 Å². The minimum absolute atomic E-state index is 0.350. The zero-order chi connectivity index (χ0) is 22.0. The van der Waals surface area contributed by atoms with Gasteiger partial charge in [-0.25, -0.2) is 4.98 Å². The van der Waals surface area contributed by atoms with E-state index in [1.54, 1.807) is 19.5 Å². The molecule has 0 saturated carbocycles. The van der Waals surface area contributed by atoms with Crippen LogP contribution in [0.15, 0.2) is 41.1 Å². The lowest BCUT2D eigenvalue weighted by Crippen LogP contribution is -2.21. The molecule has 4 rings (SSSR count). The Morgan fingerprint density at radius 1 is 1.13 bits per heavy atom. The highest BCUT2D eigenvalue weighted by molar-refractivity contribution is 9.10. The van der Waals surface area contributed by atoms with Gasteiger partial charge in [0.15, 0.2) is 0 Å². The molecule has 31 heavy (non-hydrogen) atoms. The molecular formula is C21H26BrN6O2P. The first-order valence-corrected chi connectivity index (χ1v) is 13.6. The Morgan fingerprint density at radius 3 is 2.61 bits per heavy atom. The van der Waals surface area contributed by atoms with Gasteiger partial charge in [-0.15, -0.1) is 0 Å². The lowest BCUT2D eigenvalue weighted by atomic mass is 10.1. The number of anilines is 4. The van der Waals surface area contributed by atoms with Gasteiger partial charge in [0.25, 0.3) is 0 Å². The monoisotopic (exact) mass is 504 g/mol. The number of aromatic nitrogens is 4. The van der Waals surface area contributed by atoms with Crippen LogP contribution < -0.4 is 15.9 Å².